The summed E-state index contributed by atoms with van der Waals surface area (Å²) in [6.45, 7) is 5.92. The van der Waals surface area contributed by atoms with Gasteiger partial charge in [0.15, 0.2) is 0 Å². The van der Waals surface area contributed by atoms with Gasteiger partial charge in [-0.05, 0) is 42.5 Å². The van der Waals surface area contributed by atoms with Crippen LogP contribution < -0.4 is 0 Å². The predicted molar refractivity (Wildman–Crippen MR) is 74.0 cm³/mol. The van der Waals surface area contributed by atoms with E-state index >= 15 is 0 Å². The van der Waals surface area contributed by atoms with Crippen molar-refractivity contribution in [3.63, 3.8) is 0 Å². The fourth-order valence-electron chi connectivity index (χ4n) is 2.22. The summed E-state index contributed by atoms with van der Waals surface area (Å²) >= 11 is 0. The monoisotopic (exact) mass is 267 g/mol. The highest BCUT2D eigenvalue weighted by atomic mass is 32.2. The van der Waals surface area contributed by atoms with Crippen LogP contribution in [0.2, 0.25) is 0 Å². The summed E-state index contributed by atoms with van der Waals surface area (Å²) in [6, 6.07) is 5.33. The van der Waals surface area contributed by atoms with E-state index in [1.807, 2.05) is 10.4 Å². The Kier molecular flexibility index (Phi) is 4.40. The molecule has 0 spiro atoms. The molecule has 1 N–H and O–H groups in total. The zero-order valence-corrected chi connectivity index (χ0v) is 11.9. The Morgan fingerprint density at radius 3 is 2.44 bits per heavy atom. The van der Waals surface area contributed by atoms with Gasteiger partial charge in [0, 0.05) is 13.1 Å². The number of phenolic OH excluding ortho intramolecular Hbond substituents is 1. The Morgan fingerprint density at radius 2 is 1.83 bits per heavy atom. The van der Waals surface area contributed by atoms with E-state index in [1.54, 1.807) is 12.1 Å². The van der Waals surface area contributed by atoms with Gasteiger partial charge in [0.25, 0.3) is 0 Å². The van der Waals surface area contributed by atoms with Gasteiger partial charge >= 0.3 is 0 Å². The van der Waals surface area contributed by atoms with Crippen molar-refractivity contribution in [2.45, 2.75) is 43.9 Å². The second-order valence-electron chi connectivity index (χ2n) is 5.15. The predicted octanol–water partition coefficient (Wildman–Crippen LogP) is 3.02. The van der Waals surface area contributed by atoms with Crippen LogP contribution in [0.25, 0.3) is 0 Å². The molecular weight excluding hydrogens is 246 g/mol. The van der Waals surface area contributed by atoms with Gasteiger partial charge in [-0.3, -0.25) is 0 Å². The Balaban J connectivity index is 2.23. The van der Waals surface area contributed by atoms with Gasteiger partial charge in [-0.2, -0.15) is 0 Å². The van der Waals surface area contributed by atoms with Gasteiger partial charge in [0.1, 0.15) is 16.7 Å². The lowest BCUT2D eigenvalue weighted by molar-refractivity contribution is 0.365. The van der Waals surface area contributed by atoms with Gasteiger partial charge in [0.05, 0.1) is 4.90 Å². The second kappa shape index (κ2) is 5.85. The molecule has 0 aromatic heterocycles. The maximum Gasteiger partial charge on any atom is 0.127 e. The van der Waals surface area contributed by atoms with Gasteiger partial charge in [-0.1, -0.05) is 20.3 Å². The molecule has 3 nitrogen and oxygen atoms in total. The van der Waals surface area contributed by atoms with Crippen LogP contribution in [-0.2, 0) is 11.0 Å². The Hall–Kier alpha value is -0.870. The van der Waals surface area contributed by atoms with Crippen molar-refractivity contribution < 1.29 is 9.32 Å². The average Bonchev–Trinajstić information content (AvgIpc) is 2.38. The van der Waals surface area contributed by atoms with Crippen LogP contribution in [0.5, 0.6) is 5.75 Å². The number of hydrogen-bond donors (Lipinski definition) is 1. The number of rotatable bonds is 3. The van der Waals surface area contributed by atoms with Crippen LogP contribution in [0.15, 0.2) is 23.1 Å². The molecule has 0 aliphatic carbocycles. The van der Waals surface area contributed by atoms with E-state index in [9.17, 15) is 9.32 Å². The van der Waals surface area contributed by atoms with Crippen LogP contribution in [-0.4, -0.2) is 26.7 Å². The van der Waals surface area contributed by atoms with Crippen molar-refractivity contribution in [1.29, 1.82) is 0 Å². The Bertz CT molecular complexity index is 439. The van der Waals surface area contributed by atoms with E-state index in [1.165, 1.54) is 6.42 Å². The molecular formula is C14H21NO2S. The highest BCUT2D eigenvalue weighted by molar-refractivity contribution is 7.82. The molecule has 1 aromatic carbocycles. The molecule has 0 saturated carbocycles. The average molecular weight is 267 g/mol. The summed E-state index contributed by atoms with van der Waals surface area (Å²) in [5.74, 6) is 0.538. The molecule has 1 aliphatic rings. The third-order valence-corrected chi connectivity index (χ3v) is 4.80. The van der Waals surface area contributed by atoms with Crippen molar-refractivity contribution in [2.75, 3.05) is 13.1 Å². The number of benzene rings is 1. The summed E-state index contributed by atoms with van der Waals surface area (Å²) in [5.41, 5.74) is 1.04. The molecule has 0 bridgehead atoms. The lowest BCUT2D eigenvalue weighted by Gasteiger charge is -2.25. The molecule has 1 aliphatic heterocycles. The molecule has 1 atom stereocenters. The van der Waals surface area contributed by atoms with Crippen molar-refractivity contribution in [2.24, 2.45) is 0 Å². The van der Waals surface area contributed by atoms with Crippen molar-refractivity contribution >= 4 is 11.0 Å². The summed E-state index contributed by atoms with van der Waals surface area (Å²) in [4.78, 5) is 0.723. The minimum Gasteiger partial charge on any atom is -0.508 e. The Morgan fingerprint density at radius 1 is 1.17 bits per heavy atom. The van der Waals surface area contributed by atoms with Crippen molar-refractivity contribution in [3.8, 4) is 5.75 Å². The van der Waals surface area contributed by atoms with E-state index in [-0.39, 0.29) is 5.75 Å². The number of hydrogen-bond acceptors (Lipinski definition) is 2. The van der Waals surface area contributed by atoms with E-state index in [0.717, 1.165) is 36.4 Å². The van der Waals surface area contributed by atoms with E-state index in [4.69, 9.17) is 0 Å². The first kappa shape index (κ1) is 13.6. The highest BCUT2D eigenvalue weighted by Crippen LogP contribution is 2.26. The smallest absolute Gasteiger partial charge is 0.127 e. The highest BCUT2D eigenvalue weighted by Gasteiger charge is 2.19. The number of phenols is 1. The van der Waals surface area contributed by atoms with E-state index < -0.39 is 11.0 Å². The maximum atomic E-state index is 12.5. The quantitative estimate of drug-likeness (QED) is 0.914. The summed E-state index contributed by atoms with van der Waals surface area (Å²) in [5, 5.41) is 9.74. The van der Waals surface area contributed by atoms with Crippen LogP contribution in [0, 0.1) is 0 Å². The lowest BCUT2D eigenvalue weighted by Crippen LogP contribution is -2.31. The maximum absolute atomic E-state index is 12.5. The third kappa shape index (κ3) is 3.12. The standard InChI is InChI=1S/C14H21NO2S/c1-11(2)12-8-13(16)10-14(9-12)18(17)15-6-4-3-5-7-15/h8-11,16H,3-7H2,1-2H3. The zero-order chi connectivity index (χ0) is 13.1. The first-order chi connectivity index (χ1) is 8.58. The molecule has 1 aromatic rings. The molecule has 1 fully saturated rings. The minimum atomic E-state index is -1.13. The van der Waals surface area contributed by atoms with E-state index in [2.05, 4.69) is 13.8 Å². The lowest BCUT2D eigenvalue weighted by atomic mass is 10.0. The fraction of sp³-hybridized carbons (Fsp3) is 0.571. The molecule has 0 amide bonds. The largest absolute Gasteiger partial charge is 0.508 e. The fourth-order valence-corrected chi connectivity index (χ4v) is 3.57. The molecule has 18 heavy (non-hydrogen) atoms. The first-order valence-corrected chi connectivity index (χ1v) is 7.69. The van der Waals surface area contributed by atoms with E-state index in [0.29, 0.717) is 5.92 Å². The number of piperidine rings is 1. The number of aromatic hydroxyl groups is 1. The first-order valence-electron chi connectivity index (χ1n) is 6.58. The summed E-state index contributed by atoms with van der Waals surface area (Å²) < 4.78 is 14.5. The zero-order valence-electron chi connectivity index (χ0n) is 11.1. The molecule has 0 radical (unpaired) electrons. The molecule has 100 valence electrons. The Labute approximate surface area is 111 Å². The van der Waals surface area contributed by atoms with Crippen molar-refractivity contribution in [1.82, 2.24) is 4.31 Å². The summed E-state index contributed by atoms with van der Waals surface area (Å²) in [7, 11) is -1.13. The van der Waals surface area contributed by atoms with Crippen LogP contribution in [0.3, 0.4) is 0 Å². The van der Waals surface area contributed by atoms with Crippen LogP contribution >= 0.6 is 0 Å². The normalized spacial score (nSPS) is 19.1. The SMILES string of the molecule is CC(C)c1cc(O)cc(S(=O)N2CCCCC2)c1. The van der Waals surface area contributed by atoms with Gasteiger partial charge in [0.2, 0.25) is 0 Å². The molecule has 1 heterocycles. The second-order valence-corrected chi connectivity index (χ2v) is 6.64. The summed E-state index contributed by atoms with van der Waals surface area (Å²) in [6.07, 6.45) is 3.45. The minimum absolute atomic E-state index is 0.210. The molecule has 2 rings (SSSR count). The van der Waals surface area contributed by atoms with Gasteiger partial charge in [-0.15, -0.1) is 0 Å². The number of nitrogens with zero attached hydrogens (tertiary/aromatic N) is 1. The van der Waals surface area contributed by atoms with Crippen LogP contribution in [0.4, 0.5) is 0 Å². The van der Waals surface area contributed by atoms with Crippen molar-refractivity contribution in [3.05, 3.63) is 23.8 Å². The van der Waals surface area contributed by atoms with Gasteiger partial charge < -0.3 is 5.11 Å². The third-order valence-electron chi connectivity index (χ3n) is 3.33. The topological polar surface area (TPSA) is 40.5 Å². The molecule has 1 saturated heterocycles. The van der Waals surface area contributed by atoms with Gasteiger partial charge in [-0.25, -0.2) is 8.51 Å². The van der Waals surface area contributed by atoms with Crippen LogP contribution in [0.1, 0.15) is 44.6 Å². The molecule has 1 unspecified atom stereocenters. The molecule has 4 heteroatoms.